The minimum absolute atomic E-state index is 0.443. The molecule has 1 unspecified atom stereocenters. The lowest BCUT2D eigenvalue weighted by Gasteiger charge is -2.14. The highest BCUT2D eigenvalue weighted by molar-refractivity contribution is 7.95. The van der Waals surface area contributed by atoms with Gasteiger partial charge in [0.1, 0.15) is 0 Å². The number of anilines is 1. The quantitative estimate of drug-likeness (QED) is 0.692. The molecule has 0 aromatic heterocycles. The van der Waals surface area contributed by atoms with E-state index in [9.17, 15) is 9.00 Å². The van der Waals surface area contributed by atoms with E-state index in [1.807, 2.05) is 26.0 Å². The largest absolute Gasteiger partial charge is 0.350 e. The van der Waals surface area contributed by atoms with Crippen LogP contribution in [0.1, 0.15) is 25.3 Å². The number of halogens is 1. The number of aryl methyl sites for hydroxylation is 1. The fraction of sp³-hybridized carbons (Fsp3) is 0.278. The summed E-state index contributed by atoms with van der Waals surface area (Å²) in [6.07, 6.45) is 1.80. The van der Waals surface area contributed by atoms with Crippen molar-refractivity contribution in [3.8, 4) is 0 Å². The Morgan fingerprint density at radius 1 is 1.12 bits per heavy atom. The summed E-state index contributed by atoms with van der Waals surface area (Å²) in [5.74, 6) is 0. The molecule has 2 rings (SSSR count). The molecule has 0 aliphatic heterocycles. The second-order valence-electron chi connectivity index (χ2n) is 5.62. The second-order valence-corrected chi connectivity index (χ2v) is 7.97. The number of nitrogens with one attached hydrogen (secondary N) is 2. The number of hydrogen-bond donors (Lipinski definition) is 2. The lowest BCUT2D eigenvalue weighted by molar-refractivity contribution is 0.249. The summed E-state index contributed by atoms with van der Waals surface area (Å²) in [5, 5.41) is 3.24. The number of benzene rings is 2. The Kier molecular flexibility index (Phi) is 6.84. The van der Waals surface area contributed by atoms with Crippen LogP contribution in [0.15, 0.2) is 57.8 Å². The number of rotatable bonds is 6. The molecule has 0 aliphatic carbocycles. The first-order valence-electron chi connectivity index (χ1n) is 8.08. The molecule has 0 spiro atoms. The van der Waals surface area contributed by atoms with Gasteiger partial charge in [-0.2, -0.15) is 0 Å². The zero-order valence-electron chi connectivity index (χ0n) is 14.3. The number of amides is 2. The third-order valence-corrected chi connectivity index (χ3v) is 5.56. The molecule has 134 valence electrons. The molecule has 0 bridgehead atoms. The predicted molar refractivity (Wildman–Crippen MR) is 103 cm³/mol. The van der Waals surface area contributed by atoms with Crippen molar-refractivity contribution < 1.29 is 9.00 Å². The molecule has 2 aromatic carbocycles. The standard InChI is InChI=1S/C18H22ClN3O2S/c1-3-4-13-20-18(23)22-25(24,17-11-5-14(2)6-12-17)21-16-9-7-15(19)8-10-16/h5-12H,3-4,13H2,1-2H3,(H2,20,21,22,23,24). The van der Waals surface area contributed by atoms with Gasteiger partial charge in [0, 0.05) is 17.3 Å². The Morgan fingerprint density at radius 2 is 1.76 bits per heavy atom. The van der Waals surface area contributed by atoms with Crippen molar-refractivity contribution in [3.63, 3.8) is 0 Å². The highest BCUT2D eigenvalue weighted by Crippen LogP contribution is 2.20. The van der Waals surface area contributed by atoms with Gasteiger partial charge in [0.2, 0.25) is 0 Å². The lowest BCUT2D eigenvalue weighted by Crippen LogP contribution is -2.24. The Labute approximate surface area is 154 Å². The molecule has 0 saturated carbocycles. The zero-order valence-corrected chi connectivity index (χ0v) is 15.9. The molecule has 2 N–H and O–H groups in total. The summed E-state index contributed by atoms with van der Waals surface area (Å²) in [4.78, 5) is 12.5. The molecule has 0 radical (unpaired) electrons. The maximum atomic E-state index is 13.4. The Morgan fingerprint density at radius 3 is 2.36 bits per heavy atom. The van der Waals surface area contributed by atoms with Crippen molar-refractivity contribution in [2.75, 3.05) is 11.3 Å². The van der Waals surface area contributed by atoms with Crippen molar-refractivity contribution in [2.24, 2.45) is 4.36 Å². The van der Waals surface area contributed by atoms with Crippen LogP contribution in [-0.4, -0.2) is 16.8 Å². The van der Waals surface area contributed by atoms with Gasteiger partial charge in [-0.25, -0.2) is 9.00 Å². The van der Waals surface area contributed by atoms with Gasteiger partial charge < -0.3 is 5.32 Å². The van der Waals surface area contributed by atoms with Crippen LogP contribution in [0.4, 0.5) is 10.5 Å². The highest BCUT2D eigenvalue weighted by atomic mass is 35.5. The van der Waals surface area contributed by atoms with Crippen LogP contribution in [0.5, 0.6) is 0 Å². The predicted octanol–water partition coefficient (Wildman–Crippen LogP) is 5.01. The first-order valence-corrected chi connectivity index (χ1v) is 9.97. The smallest absolute Gasteiger partial charge is 0.336 e. The fourth-order valence-corrected chi connectivity index (χ4v) is 3.71. The SMILES string of the molecule is CCCCNC(=O)N=S(=O)(Nc1ccc(Cl)cc1)c1ccc(C)cc1. The molecule has 0 aliphatic rings. The number of carbonyl (C=O) groups excluding carboxylic acids is 1. The van der Waals surface area contributed by atoms with Gasteiger partial charge in [0.25, 0.3) is 0 Å². The van der Waals surface area contributed by atoms with E-state index in [-0.39, 0.29) is 0 Å². The highest BCUT2D eigenvalue weighted by Gasteiger charge is 2.15. The van der Waals surface area contributed by atoms with Crippen molar-refractivity contribution in [1.29, 1.82) is 0 Å². The summed E-state index contributed by atoms with van der Waals surface area (Å²) >= 11 is 5.89. The van der Waals surface area contributed by atoms with Crippen molar-refractivity contribution in [2.45, 2.75) is 31.6 Å². The van der Waals surface area contributed by atoms with E-state index in [1.165, 1.54) is 0 Å². The number of carbonyl (C=O) groups is 1. The summed E-state index contributed by atoms with van der Waals surface area (Å²) in [5.41, 5.74) is 1.60. The zero-order chi connectivity index (χ0) is 18.3. The van der Waals surface area contributed by atoms with Gasteiger partial charge in [0.05, 0.1) is 4.90 Å². The molecular weight excluding hydrogens is 358 g/mol. The van der Waals surface area contributed by atoms with E-state index in [0.29, 0.717) is 22.2 Å². The molecular formula is C18H22ClN3O2S. The third kappa shape index (κ3) is 5.76. The average molecular weight is 380 g/mol. The van der Waals surface area contributed by atoms with E-state index < -0.39 is 15.9 Å². The number of urea groups is 1. The monoisotopic (exact) mass is 379 g/mol. The van der Waals surface area contributed by atoms with Gasteiger partial charge in [-0.05, 0) is 49.7 Å². The molecule has 0 saturated heterocycles. The molecule has 2 amide bonds. The Hall–Kier alpha value is -2.05. The molecule has 7 heteroatoms. The van der Waals surface area contributed by atoms with Crippen LogP contribution in [0.2, 0.25) is 5.02 Å². The van der Waals surface area contributed by atoms with E-state index in [1.54, 1.807) is 36.4 Å². The topological polar surface area (TPSA) is 70.6 Å². The van der Waals surface area contributed by atoms with Crippen LogP contribution in [0, 0.1) is 6.92 Å². The Balaban J connectivity index is 2.36. The number of nitrogens with zero attached hydrogens (tertiary/aromatic N) is 1. The Bertz CT molecular complexity index is 826. The maximum absolute atomic E-state index is 13.4. The molecule has 1 atom stereocenters. The van der Waals surface area contributed by atoms with Gasteiger partial charge in [-0.1, -0.05) is 42.6 Å². The average Bonchev–Trinajstić information content (AvgIpc) is 2.57. The van der Waals surface area contributed by atoms with Crippen molar-refractivity contribution >= 4 is 33.2 Å². The van der Waals surface area contributed by atoms with E-state index in [0.717, 1.165) is 18.4 Å². The van der Waals surface area contributed by atoms with E-state index in [2.05, 4.69) is 14.4 Å². The van der Waals surface area contributed by atoms with Gasteiger partial charge in [0.15, 0.2) is 9.92 Å². The molecule has 0 fully saturated rings. The van der Waals surface area contributed by atoms with Crippen molar-refractivity contribution in [3.05, 3.63) is 59.1 Å². The van der Waals surface area contributed by atoms with Crippen LogP contribution < -0.4 is 10.0 Å². The minimum Gasteiger partial charge on any atom is -0.336 e. The number of hydrogen-bond acceptors (Lipinski definition) is 2. The summed E-state index contributed by atoms with van der Waals surface area (Å²) < 4.78 is 20.2. The van der Waals surface area contributed by atoms with Gasteiger partial charge in [-0.3, -0.25) is 4.72 Å². The van der Waals surface area contributed by atoms with Crippen LogP contribution in [0.25, 0.3) is 0 Å². The van der Waals surface area contributed by atoms with Crippen LogP contribution in [-0.2, 0) is 9.92 Å². The third-order valence-electron chi connectivity index (χ3n) is 3.46. The molecule has 0 heterocycles. The van der Waals surface area contributed by atoms with Crippen molar-refractivity contribution in [1.82, 2.24) is 5.32 Å². The second kappa shape index (κ2) is 8.87. The van der Waals surface area contributed by atoms with Crippen LogP contribution in [0.3, 0.4) is 0 Å². The molecule has 2 aromatic rings. The van der Waals surface area contributed by atoms with Gasteiger partial charge in [-0.15, -0.1) is 4.36 Å². The lowest BCUT2D eigenvalue weighted by atomic mass is 10.2. The summed E-state index contributed by atoms with van der Waals surface area (Å²) in [7, 11) is -3.17. The summed E-state index contributed by atoms with van der Waals surface area (Å²) in [6, 6.07) is 13.3. The van der Waals surface area contributed by atoms with Gasteiger partial charge >= 0.3 is 6.03 Å². The normalized spacial score (nSPS) is 12.9. The first kappa shape index (κ1) is 19.3. The van der Waals surface area contributed by atoms with E-state index >= 15 is 0 Å². The molecule has 25 heavy (non-hydrogen) atoms. The first-order chi connectivity index (χ1) is 11.9. The molecule has 5 nitrogen and oxygen atoms in total. The minimum atomic E-state index is -3.17. The maximum Gasteiger partial charge on any atom is 0.350 e. The van der Waals surface area contributed by atoms with E-state index in [4.69, 9.17) is 11.6 Å². The number of unbranched alkanes of at least 4 members (excludes halogenated alkanes) is 1. The fourth-order valence-electron chi connectivity index (χ4n) is 2.06. The summed E-state index contributed by atoms with van der Waals surface area (Å²) in [6.45, 7) is 4.47. The van der Waals surface area contributed by atoms with Crippen LogP contribution >= 0.6 is 11.6 Å².